The molecule has 0 aliphatic heterocycles. The number of rotatable bonds is 3. The van der Waals surface area contributed by atoms with Crippen LogP contribution in [-0.4, -0.2) is 9.55 Å². The Morgan fingerprint density at radius 1 is 0.600 bits per heavy atom. The molecule has 2 heterocycles. The average molecular weight is 447 g/mol. The lowest BCUT2D eigenvalue weighted by atomic mass is 10.0. The van der Waals surface area contributed by atoms with Gasteiger partial charge in [-0.05, 0) is 48.0 Å². The molecule has 0 N–H and O–H groups in total. The highest BCUT2D eigenvalue weighted by Gasteiger charge is 2.15. The third-order valence-electron chi connectivity index (χ3n) is 6.30. The van der Waals surface area contributed by atoms with Crippen LogP contribution in [0.15, 0.2) is 109 Å². The SMILES string of the molecule is N#Cc1ccc2c(c1)c1ccccc1n2-c1ccccc1-c1ccc(-c2cccc(C#N)n2)cc1. The number of nitrogens with zero attached hydrogens (tertiary/aromatic N) is 4. The molecular formula is C31H18N4. The summed E-state index contributed by atoms with van der Waals surface area (Å²) in [5, 5.41) is 20.8. The van der Waals surface area contributed by atoms with Crippen LogP contribution in [-0.2, 0) is 0 Å². The molecule has 0 aliphatic rings. The Morgan fingerprint density at radius 3 is 2.17 bits per heavy atom. The van der Waals surface area contributed by atoms with Crippen LogP contribution >= 0.6 is 0 Å². The van der Waals surface area contributed by atoms with Crippen LogP contribution in [0.2, 0.25) is 0 Å². The Hall–Kier alpha value is -5.19. The van der Waals surface area contributed by atoms with Gasteiger partial charge in [0, 0.05) is 21.9 Å². The fourth-order valence-electron chi connectivity index (χ4n) is 4.69. The monoisotopic (exact) mass is 446 g/mol. The van der Waals surface area contributed by atoms with Gasteiger partial charge in [0.15, 0.2) is 0 Å². The van der Waals surface area contributed by atoms with Gasteiger partial charge in [-0.3, -0.25) is 0 Å². The first-order valence-corrected chi connectivity index (χ1v) is 11.3. The van der Waals surface area contributed by atoms with Crippen molar-refractivity contribution in [3.63, 3.8) is 0 Å². The Morgan fingerprint density at radius 2 is 1.34 bits per heavy atom. The Labute approximate surface area is 202 Å². The van der Waals surface area contributed by atoms with E-state index in [0.717, 1.165) is 49.9 Å². The van der Waals surface area contributed by atoms with E-state index in [2.05, 4.69) is 64.2 Å². The molecule has 6 rings (SSSR count). The molecule has 0 fully saturated rings. The lowest BCUT2D eigenvalue weighted by molar-refractivity contribution is 1.18. The Kier molecular flexibility index (Phi) is 4.84. The predicted octanol–water partition coefficient (Wildman–Crippen LogP) is 7.26. The maximum atomic E-state index is 9.44. The maximum absolute atomic E-state index is 9.44. The van der Waals surface area contributed by atoms with Gasteiger partial charge in [-0.25, -0.2) is 4.98 Å². The quantitative estimate of drug-likeness (QED) is 0.287. The minimum atomic E-state index is 0.405. The fraction of sp³-hybridized carbons (Fsp3) is 0. The normalized spacial score (nSPS) is 10.8. The van der Waals surface area contributed by atoms with Crippen LogP contribution in [0.3, 0.4) is 0 Å². The first kappa shape index (κ1) is 20.4. The Bertz CT molecular complexity index is 1810. The molecule has 0 spiro atoms. The second-order valence-electron chi connectivity index (χ2n) is 8.31. The zero-order valence-electron chi connectivity index (χ0n) is 18.7. The summed E-state index contributed by atoms with van der Waals surface area (Å²) < 4.78 is 2.27. The van der Waals surface area contributed by atoms with Crippen molar-refractivity contribution in [1.29, 1.82) is 10.5 Å². The number of nitriles is 2. The summed E-state index contributed by atoms with van der Waals surface area (Å²) in [4.78, 5) is 4.42. The molecule has 4 nitrogen and oxygen atoms in total. The smallest absolute Gasteiger partial charge is 0.141 e. The minimum absolute atomic E-state index is 0.405. The third-order valence-corrected chi connectivity index (χ3v) is 6.30. The molecule has 2 aromatic heterocycles. The highest BCUT2D eigenvalue weighted by atomic mass is 15.0. The number of aromatic nitrogens is 2. The van der Waals surface area contributed by atoms with E-state index in [4.69, 9.17) is 0 Å². The van der Waals surface area contributed by atoms with E-state index in [1.165, 1.54) is 0 Å². The molecule has 0 atom stereocenters. The minimum Gasteiger partial charge on any atom is -0.309 e. The molecule has 162 valence electrons. The van der Waals surface area contributed by atoms with E-state index in [1.807, 2.05) is 60.7 Å². The van der Waals surface area contributed by atoms with Crippen LogP contribution in [0.5, 0.6) is 0 Å². The van der Waals surface area contributed by atoms with Gasteiger partial charge >= 0.3 is 0 Å². The molecule has 0 radical (unpaired) electrons. The summed E-state index contributed by atoms with van der Waals surface area (Å²) in [6.07, 6.45) is 0. The van der Waals surface area contributed by atoms with Crippen LogP contribution in [0.25, 0.3) is 49.9 Å². The molecule has 0 saturated carbocycles. The second kappa shape index (κ2) is 8.30. The predicted molar refractivity (Wildman–Crippen MR) is 139 cm³/mol. The van der Waals surface area contributed by atoms with Crippen molar-refractivity contribution < 1.29 is 0 Å². The maximum Gasteiger partial charge on any atom is 0.141 e. The number of fused-ring (bicyclic) bond motifs is 3. The van der Waals surface area contributed by atoms with Crippen molar-refractivity contribution in [3.05, 3.63) is 120 Å². The largest absolute Gasteiger partial charge is 0.309 e. The molecule has 4 aromatic carbocycles. The zero-order valence-corrected chi connectivity index (χ0v) is 18.7. The molecule has 0 bridgehead atoms. The van der Waals surface area contributed by atoms with Gasteiger partial charge < -0.3 is 4.57 Å². The van der Waals surface area contributed by atoms with Crippen LogP contribution in [0.1, 0.15) is 11.3 Å². The summed E-state index contributed by atoms with van der Waals surface area (Å²) in [7, 11) is 0. The van der Waals surface area contributed by atoms with Crippen LogP contribution in [0.4, 0.5) is 0 Å². The van der Waals surface area contributed by atoms with Crippen molar-refractivity contribution in [2.24, 2.45) is 0 Å². The molecule has 0 saturated heterocycles. The van der Waals surface area contributed by atoms with Gasteiger partial charge in [-0.2, -0.15) is 10.5 Å². The van der Waals surface area contributed by atoms with E-state index in [1.54, 1.807) is 6.07 Å². The number of benzene rings is 4. The molecular weight excluding hydrogens is 428 g/mol. The number of hydrogen-bond donors (Lipinski definition) is 0. The van der Waals surface area contributed by atoms with Gasteiger partial charge in [-0.1, -0.05) is 66.7 Å². The highest BCUT2D eigenvalue weighted by molar-refractivity contribution is 6.10. The third kappa shape index (κ3) is 3.42. The van der Waals surface area contributed by atoms with Gasteiger partial charge in [0.05, 0.1) is 34.0 Å². The van der Waals surface area contributed by atoms with E-state index >= 15 is 0 Å². The van der Waals surface area contributed by atoms with Gasteiger partial charge in [0.1, 0.15) is 11.8 Å². The highest BCUT2D eigenvalue weighted by Crippen LogP contribution is 2.36. The molecule has 35 heavy (non-hydrogen) atoms. The summed E-state index contributed by atoms with van der Waals surface area (Å²) in [6, 6.07) is 40.6. The first-order chi connectivity index (χ1) is 17.3. The zero-order chi connectivity index (χ0) is 23.8. The van der Waals surface area contributed by atoms with Crippen molar-refractivity contribution in [1.82, 2.24) is 9.55 Å². The lowest BCUT2D eigenvalue weighted by Gasteiger charge is -2.14. The van der Waals surface area contributed by atoms with E-state index in [9.17, 15) is 10.5 Å². The number of hydrogen-bond acceptors (Lipinski definition) is 3. The van der Waals surface area contributed by atoms with Gasteiger partial charge in [0.2, 0.25) is 0 Å². The van der Waals surface area contributed by atoms with Gasteiger partial charge in [-0.15, -0.1) is 0 Å². The first-order valence-electron chi connectivity index (χ1n) is 11.3. The Balaban J connectivity index is 1.53. The van der Waals surface area contributed by atoms with Crippen molar-refractivity contribution >= 4 is 21.8 Å². The lowest BCUT2D eigenvalue weighted by Crippen LogP contribution is -1.97. The summed E-state index contributed by atoms with van der Waals surface area (Å²) >= 11 is 0. The van der Waals surface area contributed by atoms with Crippen molar-refractivity contribution in [2.75, 3.05) is 0 Å². The van der Waals surface area contributed by atoms with Gasteiger partial charge in [0.25, 0.3) is 0 Å². The molecule has 0 unspecified atom stereocenters. The topological polar surface area (TPSA) is 65.4 Å². The molecule has 0 amide bonds. The standard InChI is InChI=1S/C31H18N4/c32-19-21-12-17-31-27(18-21)26-8-2-4-11-30(26)35(31)29-10-3-1-7-25(29)22-13-15-23(16-14-22)28-9-5-6-24(20-33)34-28/h1-18H. The van der Waals surface area contributed by atoms with E-state index < -0.39 is 0 Å². The van der Waals surface area contributed by atoms with Crippen molar-refractivity contribution in [2.45, 2.75) is 0 Å². The fourth-order valence-corrected chi connectivity index (χ4v) is 4.69. The number of pyridine rings is 1. The summed E-state index contributed by atoms with van der Waals surface area (Å²) in [5.41, 5.74) is 8.21. The molecule has 6 aromatic rings. The summed E-state index contributed by atoms with van der Waals surface area (Å²) in [6.45, 7) is 0. The van der Waals surface area contributed by atoms with Crippen LogP contribution in [0, 0.1) is 22.7 Å². The average Bonchev–Trinajstić information content (AvgIpc) is 3.26. The summed E-state index contributed by atoms with van der Waals surface area (Å²) in [5.74, 6) is 0. The number of para-hydroxylation sites is 2. The van der Waals surface area contributed by atoms with E-state index in [0.29, 0.717) is 11.3 Å². The molecule has 4 heteroatoms. The van der Waals surface area contributed by atoms with Crippen molar-refractivity contribution in [3.8, 4) is 40.2 Å². The van der Waals surface area contributed by atoms with E-state index in [-0.39, 0.29) is 0 Å². The molecule has 0 aliphatic carbocycles. The van der Waals surface area contributed by atoms with Crippen LogP contribution < -0.4 is 0 Å². The second-order valence-corrected chi connectivity index (χ2v) is 8.31.